The van der Waals surface area contributed by atoms with E-state index in [4.69, 9.17) is 9.97 Å². The van der Waals surface area contributed by atoms with Crippen molar-refractivity contribution in [2.45, 2.75) is 63.5 Å². The maximum Gasteiger partial charge on any atom is 0.319 e. The molecular weight excluding hydrogens is 475 g/mol. The molecule has 0 atom stereocenters. The molecule has 7 nitrogen and oxygen atoms in total. The minimum absolute atomic E-state index is 0.0633. The van der Waals surface area contributed by atoms with E-state index < -0.39 is 5.82 Å². The summed E-state index contributed by atoms with van der Waals surface area (Å²) in [6, 6.07) is 4.53. The van der Waals surface area contributed by atoms with E-state index in [0.29, 0.717) is 10.4 Å². The first-order valence-corrected chi connectivity index (χ1v) is 12.0. The van der Waals surface area contributed by atoms with Crippen molar-refractivity contribution in [2.75, 3.05) is 29.6 Å². The second kappa shape index (κ2) is 10.0. The van der Waals surface area contributed by atoms with Gasteiger partial charge in [0.25, 0.3) is 0 Å². The summed E-state index contributed by atoms with van der Waals surface area (Å²) in [5.74, 6) is 1.25. The number of rotatable bonds is 5. The summed E-state index contributed by atoms with van der Waals surface area (Å²) in [5.41, 5.74) is 2.62. The van der Waals surface area contributed by atoms with Crippen molar-refractivity contribution in [3.05, 3.63) is 39.7 Å². The summed E-state index contributed by atoms with van der Waals surface area (Å²) in [5, 5.41) is 9.08. The van der Waals surface area contributed by atoms with E-state index in [9.17, 15) is 9.18 Å². The average molecular weight is 505 g/mol. The van der Waals surface area contributed by atoms with Crippen LogP contribution in [-0.4, -0.2) is 42.2 Å². The Morgan fingerprint density at radius 2 is 1.81 bits per heavy atom. The molecule has 1 heterocycles. The van der Waals surface area contributed by atoms with Crippen LogP contribution >= 0.6 is 15.9 Å². The Labute approximate surface area is 196 Å². The summed E-state index contributed by atoms with van der Waals surface area (Å²) in [6.07, 6.45) is 7.95. The highest BCUT2D eigenvalue weighted by Crippen LogP contribution is 2.29. The maximum absolute atomic E-state index is 13.9. The number of anilines is 3. The second-order valence-corrected chi connectivity index (χ2v) is 9.73. The molecule has 172 valence electrons. The van der Waals surface area contributed by atoms with Crippen LogP contribution in [0.5, 0.6) is 0 Å². The number of halogens is 2. The lowest BCUT2D eigenvalue weighted by Crippen LogP contribution is -2.42. The van der Waals surface area contributed by atoms with Gasteiger partial charge in [0.05, 0.1) is 11.4 Å². The molecule has 2 aliphatic carbocycles. The van der Waals surface area contributed by atoms with E-state index in [1.54, 1.807) is 12.1 Å². The highest BCUT2D eigenvalue weighted by Gasteiger charge is 2.25. The number of urea groups is 1. The fourth-order valence-electron chi connectivity index (χ4n) is 4.51. The normalized spacial score (nSPS) is 20.2. The third-order valence-electron chi connectivity index (χ3n) is 6.16. The van der Waals surface area contributed by atoms with Crippen molar-refractivity contribution < 1.29 is 9.18 Å². The molecule has 0 radical (unpaired) electrons. The van der Waals surface area contributed by atoms with Gasteiger partial charge in [0, 0.05) is 36.2 Å². The van der Waals surface area contributed by atoms with Crippen LogP contribution in [-0.2, 0) is 12.8 Å². The van der Waals surface area contributed by atoms with Gasteiger partial charge in [-0.15, -0.1) is 0 Å². The van der Waals surface area contributed by atoms with E-state index in [0.717, 1.165) is 44.3 Å². The van der Waals surface area contributed by atoms with Crippen LogP contribution in [0.1, 0.15) is 49.8 Å². The lowest BCUT2D eigenvalue weighted by Gasteiger charge is -2.30. The molecule has 1 aromatic heterocycles. The van der Waals surface area contributed by atoms with Crippen LogP contribution < -0.4 is 20.9 Å². The topological polar surface area (TPSA) is 82.2 Å². The Bertz CT molecular complexity index is 977. The predicted molar refractivity (Wildman–Crippen MR) is 129 cm³/mol. The van der Waals surface area contributed by atoms with Gasteiger partial charge in [-0.2, -0.15) is 4.98 Å². The third-order valence-corrected chi connectivity index (χ3v) is 6.65. The van der Waals surface area contributed by atoms with Gasteiger partial charge in [0.2, 0.25) is 5.95 Å². The van der Waals surface area contributed by atoms with Crippen LogP contribution in [0.25, 0.3) is 0 Å². The van der Waals surface area contributed by atoms with Crippen molar-refractivity contribution >= 4 is 39.4 Å². The number of hydrogen-bond acceptors (Lipinski definition) is 5. The van der Waals surface area contributed by atoms with Gasteiger partial charge in [0.15, 0.2) is 0 Å². The number of nitrogens with one attached hydrogen (secondary N) is 3. The van der Waals surface area contributed by atoms with E-state index >= 15 is 0 Å². The molecule has 9 heteroatoms. The minimum atomic E-state index is -0.468. The van der Waals surface area contributed by atoms with E-state index in [1.807, 2.05) is 14.1 Å². The smallest absolute Gasteiger partial charge is 0.319 e. The Morgan fingerprint density at radius 3 is 2.53 bits per heavy atom. The number of carbonyl (C=O) groups excluding carboxylic acids is 1. The highest BCUT2D eigenvalue weighted by atomic mass is 79.9. The first kappa shape index (κ1) is 22.8. The Balaban J connectivity index is 1.30. The summed E-state index contributed by atoms with van der Waals surface area (Å²) >= 11 is 3.21. The number of hydrogen-bond donors (Lipinski definition) is 3. The number of carbonyl (C=O) groups is 1. The van der Waals surface area contributed by atoms with Crippen LogP contribution in [0.2, 0.25) is 0 Å². The summed E-state index contributed by atoms with van der Waals surface area (Å²) in [6.45, 7) is 0. The molecule has 2 amide bonds. The van der Waals surface area contributed by atoms with Gasteiger partial charge in [-0.1, -0.05) is 15.9 Å². The molecule has 0 aliphatic heterocycles. The van der Waals surface area contributed by atoms with Crippen LogP contribution in [0.3, 0.4) is 0 Å². The Hall–Kier alpha value is -2.42. The number of aromatic nitrogens is 2. The number of benzene rings is 1. The van der Waals surface area contributed by atoms with Crippen molar-refractivity contribution in [1.82, 2.24) is 15.3 Å². The van der Waals surface area contributed by atoms with E-state index in [-0.39, 0.29) is 23.8 Å². The summed E-state index contributed by atoms with van der Waals surface area (Å²) in [4.78, 5) is 24.0. The average Bonchev–Trinajstić information content (AvgIpc) is 2.76. The van der Waals surface area contributed by atoms with Gasteiger partial charge in [0.1, 0.15) is 11.6 Å². The fraction of sp³-hybridized carbons (Fsp3) is 0.522. The molecule has 32 heavy (non-hydrogen) atoms. The summed E-state index contributed by atoms with van der Waals surface area (Å²) < 4.78 is 14.6. The molecule has 0 saturated heterocycles. The zero-order valence-electron chi connectivity index (χ0n) is 18.5. The molecular formula is C23H30BrFN6O. The van der Waals surface area contributed by atoms with Gasteiger partial charge >= 0.3 is 6.03 Å². The lowest BCUT2D eigenvalue weighted by atomic mass is 9.91. The van der Waals surface area contributed by atoms with Gasteiger partial charge in [-0.05, 0) is 69.6 Å². The van der Waals surface area contributed by atoms with Gasteiger partial charge in [-0.3, -0.25) is 0 Å². The van der Waals surface area contributed by atoms with Gasteiger partial charge in [-0.25, -0.2) is 14.2 Å². The lowest BCUT2D eigenvalue weighted by molar-refractivity contribution is 0.243. The molecule has 1 fully saturated rings. The maximum atomic E-state index is 13.9. The standard InChI is InChI=1S/C23H30BrFN6O/c1-31(2)21-17-5-3-4-6-19(17)28-22(30-21)26-15-8-10-16(11-9-15)27-23(32)29-20-12-7-14(24)13-18(20)25/h7,12-13,15-16H,3-6,8-11H2,1-2H3,(H,26,28,30)(H2,27,29,32)/t15-,16+. The van der Waals surface area contributed by atoms with Crippen molar-refractivity contribution in [3.63, 3.8) is 0 Å². The van der Waals surface area contributed by atoms with Crippen LogP contribution in [0.4, 0.5) is 26.6 Å². The molecule has 0 unspecified atom stereocenters. The van der Waals surface area contributed by atoms with Crippen LogP contribution in [0, 0.1) is 5.82 Å². The zero-order valence-corrected chi connectivity index (χ0v) is 20.1. The zero-order chi connectivity index (χ0) is 22.7. The van der Waals surface area contributed by atoms with Crippen LogP contribution in [0.15, 0.2) is 22.7 Å². The Morgan fingerprint density at radius 1 is 1.09 bits per heavy atom. The molecule has 2 aromatic rings. The molecule has 0 spiro atoms. The largest absolute Gasteiger partial charge is 0.362 e. The predicted octanol–water partition coefficient (Wildman–Crippen LogP) is 4.87. The molecule has 1 saturated carbocycles. The molecule has 4 rings (SSSR count). The molecule has 3 N–H and O–H groups in total. The SMILES string of the molecule is CN(C)c1nc(N[C@H]2CC[C@@H](NC(=O)Nc3ccc(Br)cc3F)CC2)nc2c1CCCC2. The second-order valence-electron chi connectivity index (χ2n) is 8.81. The van der Waals surface area contributed by atoms with Crippen molar-refractivity contribution in [1.29, 1.82) is 0 Å². The third kappa shape index (κ3) is 5.49. The number of amides is 2. The van der Waals surface area contributed by atoms with E-state index in [1.165, 1.54) is 30.2 Å². The number of aryl methyl sites for hydroxylation is 1. The fourth-order valence-corrected chi connectivity index (χ4v) is 4.84. The minimum Gasteiger partial charge on any atom is -0.362 e. The van der Waals surface area contributed by atoms with Crippen molar-refractivity contribution in [2.24, 2.45) is 0 Å². The Kier molecular flexibility index (Phi) is 7.13. The summed E-state index contributed by atoms with van der Waals surface area (Å²) in [7, 11) is 4.06. The van der Waals surface area contributed by atoms with E-state index in [2.05, 4.69) is 36.8 Å². The molecule has 2 aliphatic rings. The monoisotopic (exact) mass is 504 g/mol. The first-order valence-electron chi connectivity index (χ1n) is 11.3. The van der Waals surface area contributed by atoms with Crippen molar-refractivity contribution in [3.8, 4) is 0 Å². The van der Waals surface area contributed by atoms with Gasteiger partial charge < -0.3 is 20.9 Å². The number of nitrogens with zero attached hydrogens (tertiary/aromatic N) is 3. The number of fused-ring (bicyclic) bond motifs is 1. The first-order chi connectivity index (χ1) is 15.4. The molecule has 1 aromatic carbocycles. The molecule has 0 bridgehead atoms. The quantitative estimate of drug-likeness (QED) is 0.541. The highest BCUT2D eigenvalue weighted by molar-refractivity contribution is 9.10.